The first kappa shape index (κ1) is 29.5. The van der Waals surface area contributed by atoms with E-state index in [9.17, 15) is 19.8 Å². The van der Waals surface area contributed by atoms with Gasteiger partial charge in [-0.1, -0.05) is 55.0 Å². The molecule has 7 rings (SSSR count). The van der Waals surface area contributed by atoms with Crippen LogP contribution in [-0.2, 0) is 25.5 Å². The van der Waals surface area contributed by atoms with Crippen molar-refractivity contribution in [2.75, 3.05) is 19.0 Å². The predicted molar refractivity (Wildman–Crippen MR) is 162 cm³/mol. The van der Waals surface area contributed by atoms with E-state index in [2.05, 4.69) is 17.4 Å². The minimum atomic E-state index is -2.03. The normalized spacial score (nSPS) is 40.5. The minimum Gasteiger partial charge on any atom is -0.390 e. The van der Waals surface area contributed by atoms with Gasteiger partial charge in [-0.3, -0.25) is 9.59 Å². The Balaban J connectivity index is 1.18. The molecule has 5 aliphatic rings. The van der Waals surface area contributed by atoms with Gasteiger partial charge >= 0.3 is 0 Å². The lowest BCUT2D eigenvalue weighted by atomic mass is 9.44. The number of carbonyl (C=O) groups is 2. The Morgan fingerprint density at radius 2 is 1.89 bits per heavy atom. The van der Waals surface area contributed by atoms with Crippen LogP contribution in [0.15, 0.2) is 72.3 Å². The van der Waals surface area contributed by atoms with Gasteiger partial charge in [0.1, 0.15) is 6.61 Å². The first-order valence-electron chi connectivity index (χ1n) is 15.6. The van der Waals surface area contributed by atoms with Crippen LogP contribution in [0.5, 0.6) is 0 Å². The maximum Gasteiger partial charge on any atom is 0.193 e. The van der Waals surface area contributed by atoms with E-state index in [1.54, 1.807) is 13.0 Å². The van der Waals surface area contributed by atoms with Gasteiger partial charge in [0.25, 0.3) is 0 Å². The quantitative estimate of drug-likeness (QED) is 0.428. The van der Waals surface area contributed by atoms with Crippen molar-refractivity contribution in [3.05, 3.63) is 89.0 Å². The van der Waals surface area contributed by atoms with Crippen molar-refractivity contribution in [2.24, 2.45) is 22.7 Å². The number of aliphatic hydroxyl groups is 2. The smallest absolute Gasteiger partial charge is 0.193 e. The highest BCUT2D eigenvalue weighted by molar-refractivity contribution is 6.01. The molecule has 2 aromatic rings. The molecule has 44 heavy (non-hydrogen) atoms. The van der Waals surface area contributed by atoms with Gasteiger partial charge in [-0.25, -0.2) is 4.39 Å². The lowest BCUT2D eigenvalue weighted by Crippen LogP contribution is -2.69. The Labute approximate surface area is 257 Å². The van der Waals surface area contributed by atoms with Crippen molar-refractivity contribution in [2.45, 2.75) is 75.7 Å². The van der Waals surface area contributed by atoms with E-state index in [1.165, 1.54) is 17.7 Å². The Hall–Kier alpha value is -3.17. The number of Topliss-reactive ketones (excluding diaryl/α,β-unsaturated/α-hetero) is 1. The third-order valence-electron chi connectivity index (χ3n) is 11.8. The second-order valence-electron chi connectivity index (χ2n) is 13.8. The fourth-order valence-corrected chi connectivity index (χ4v) is 9.59. The number of fused-ring (bicyclic) bond motifs is 7. The summed E-state index contributed by atoms with van der Waals surface area (Å²) in [6, 6.07) is 16.1. The SMILES string of the molecule is CNc1cccc(Cc2ccc([C@@H]3O[C@@H]4C[C@H]5[C@@H]6CCC7=CC(=O)C=C[C@]7(C)[C@@]6(F)[C@@H](O)C[C@]5(C)[C@]4(C(=O)CO)O3)cc2)c1. The molecule has 0 spiro atoms. The summed E-state index contributed by atoms with van der Waals surface area (Å²) in [4.78, 5) is 25.9. The highest BCUT2D eigenvalue weighted by Crippen LogP contribution is 2.72. The van der Waals surface area contributed by atoms with Crippen molar-refractivity contribution in [1.82, 2.24) is 0 Å². The van der Waals surface area contributed by atoms with Crippen molar-refractivity contribution in [3.8, 4) is 0 Å². The van der Waals surface area contributed by atoms with E-state index >= 15 is 4.39 Å². The molecule has 8 heteroatoms. The number of alkyl halides is 1. The third-order valence-corrected chi connectivity index (χ3v) is 11.8. The molecular weight excluding hydrogens is 561 g/mol. The average molecular weight is 602 g/mol. The zero-order chi connectivity index (χ0) is 31.1. The molecule has 2 aromatic carbocycles. The first-order valence-corrected chi connectivity index (χ1v) is 15.6. The Morgan fingerprint density at radius 3 is 2.61 bits per heavy atom. The van der Waals surface area contributed by atoms with Crippen LogP contribution in [0.2, 0.25) is 0 Å². The standard InChI is InChI=1S/C36H40FNO6/c1-33-14-13-26(40)17-24(33)11-12-27-28-18-31-36(30(42)20-39,34(28,2)19-29(41)35(27,33)37)44-32(43-31)23-9-7-21(8-10-23)15-22-5-4-6-25(16-22)38-3/h4-10,13-14,16-17,27-29,31-32,38-39,41H,11-12,15,18-20H2,1-3H3/t27-,28-,29-,31+,32+,33-,34-,35-,36+/m0/s1. The molecule has 9 atom stereocenters. The number of ketones is 2. The lowest BCUT2D eigenvalue weighted by molar-refractivity contribution is -0.231. The molecule has 0 amide bonds. The van der Waals surface area contributed by atoms with Crippen LogP contribution in [0.4, 0.5) is 10.1 Å². The van der Waals surface area contributed by atoms with Gasteiger partial charge in [-0.15, -0.1) is 0 Å². The van der Waals surface area contributed by atoms with Crippen LogP contribution in [0.25, 0.3) is 0 Å². The summed E-state index contributed by atoms with van der Waals surface area (Å²) in [7, 11) is 1.89. The average Bonchev–Trinajstić information content (AvgIpc) is 3.51. The number of aliphatic hydroxyl groups excluding tert-OH is 2. The molecule has 232 valence electrons. The van der Waals surface area contributed by atoms with Crippen molar-refractivity contribution in [3.63, 3.8) is 0 Å². The fourth-order valence-electron chi connectivity index (χ4n) is 9.59. The number of hydrogen-bond donors (Lipinski definition) is 3. The topological polar surface area (TPSA) is 105 Å². The molecule has 1 heterocycles. The summed E-state index contributed by atoms with van der Waals surface area (Å²) in [5, 5.41) is 25.1. The largest absolute Gasteiger partial charge is 0.390 e. The van der Waals surface area contributed by atoms with Gasteiger partial charge < -0.3 is 25.0 Å². The molecule has 1 aliphatic heterocycles. The van der Waals surface area contributed by atoms with Gasteiger partial charge in [0.2, 0.25) is 0 Å². The summed E-state index contributed by atoms with van der Waals surface area (Å²) in [6.45, 7) is 2.93. The number of halogens is 1. The van der Waals surface area contributed by atoms with Gasteiger partial charge in [0, 0.05) is 35.0 Å². The Morgan fingerprint density at radius 1 is 1.11 bits per heavy atom. The van der Waals surface area contributed by atoms with Gasteiger partial charge in [-0.2, -0.15) is 0 Å². The van der Waals surface area contributed by atoms with E-state index in [-0.39, 0.29) is 18.1 Å². The molecule has 0 radical (unpaired) electrons. The molecule has 0 aromatic heterocycles. The van der Waals surface area contributed by atoms with E-state index < -0.39 is 58.9 Å². The molecule has 4 aliphatic carbocycles. The van der Waals surface area contributed by atoms with Gasteiger partial charge in [-0.05, 0) is 80.4 Å². The molecule has 3 N–H and O–H groups in total. The zero-order valence-corrected chi connectivity index (χ0v) is 25.4. The van der Waals surface area contributed by atoms with Crippen molar-refractivity contribution in [1.29, 1.82) is 0 Å². The molecule has 1 saturated heterocycles. The van der Waals surface area contributed by atoms with Gasteiger partial charge in [0.15, 0.2) is 29.1 Å². The number of hydrogen-bond acceptors (Lipinski definition) is 7. The summed E-state index contributed by atoms with van der Waals surface area (Å²) in [5.74, 6) is -1.59. The Kier molecular flexibility index (Phi) is 6.83. The van der Waals surface area contributed by atoms with E-state index in [4.69, 9.17) is 9.47 Å². The minimum absolute atomic E-state index is 0.0295. The van der Waals surface area contributed by atoms with Crippen LogP contribution in [0.3, 0.4) is 0 Å². The number of ether oxygens (including phenoxy) is 2. The van der Waals surface area contributed by atoms with Crippen LogP contribution >= 0.6 is 0 Å². The molecular formula is C36H40FNO6. The van der Waals surface area contributed by atoms with Crippen molar-refractivity contribution < 1.29 is 33.7 Å². The van der Waals surface area contributed by atoms with Crippen LogP contribution in [-0.4, -0.2) is 58.9 Å². The predicted octanol–water partition coefficient (Wildman–Crippen LogP) is 5.01. The maximum absolute atomic E-state index is 17.6. The monoisotopic (exact) mass is 601 g/mol. The first-order chi connectivity index (χ1) is 21.0. The van der Waals surface area contributed by atoms with Crippen LogP contribution in [0.1, 0.15) is 62.5 Å². The molecule has 0 bridgehead atoms. The van der Waals surface area contributed by atoms with Crippen LogP contribution in [0, 0.1) is 22.7 Å². The highest BCUT2D eigenvalue weighted by atomic mass is 19.1. The molecule has 7 nitrogen and oxygen atoms in total. The highest BCUT2D eigenvalue weighted by Gasteiger charge is 2.79. The number of nitrogens with one attached hydrogen (secondary N) is 1. The second-order valence-corrected chi connectivity index (χ2v) is 13.8. The number of carbonyl (C=O) groups excluding carboxylic acids is 2. The number of benzene rings is 2. The van der Waals surface area contributed by atoms with Crippen molar-refractivity contribution >= 4 is 17.3 Å². The number of anilines is 1. The fraction of sp³-hybridized carbons (Fsp3) is 0.500. The summed E-state index contributed by atoms with van der Waals surface area (Å²) >= 11 is 0. The molecule has 3 saturated carbocycles. The maximum atomic E-state index is 17.6. The van der Waals surface area contributed by atoms with Gasteiger partial charge in [0.05, 0.1) is 12.2 Å². The summed E-state index contributed by atoms with van der Waals surface area (Å²) in [6.07, 6.45) is 3.65. The molecule has 4 fully saturated rings. The van der Waals surface area contributed by atoms with E-state index in [0.29, 0.717) is 24.8 Å². The Bertz CT molecular complexity index is 1570. The van der Waals surface area contributed by atoms with Crippen LogP contribution < -0.4 is 5.32 Å². The third kappa shape index (κ3) is 3.87. The van der Waals surface area contributed by atoms with E-state index in [0.717, 1.165) is 23.2 Å². The summed E-state index contributed by atoms with van der Waals surface area (Å²) in [5.41, 5.74) is -0.863. The lowest BCUT2D eigenvalue weighted by Gasteiger charge is -2.62. The molecule has 0 unspecified atom stereocenters. The zero-order valence-electron chi connectivity index (χ0n) is 25.4. The number of allylic oxidation sites excluding steroid dienone is 4. The summed E-state index contributed by atoms with van der Waals surface area (Å²) < 4.78 is 30.7. The second kappa shape index (κ2) is 10.2. The number of rotatable bonds is 6. The van der Waals surface area contributed by atoms with E-state index in [1.807, 2.05) is 50.4 Å².